The van der Waals surface area contributed by atoms with Crippen LogP contribution in [0.25, 0.3) is 0 Å². The highest BCUT2D eigenvalue weighted by molar-refractivity contribution is 6.32. The first-order chi connectivity index (χ1) is 14.0. The molecule has 2 aromatic rings. The zero-order chi connectivity index (χ0) is 20.9. The van der Waals surface area contributed by atoms with E-state index in [1.165, 1.54) is 12.1 Å². The number of aliphatic hydroxyl groups is 1. The van der Waals surface area contributed by atoms with Crippen LogP contribution in [0.4, 0.5) is 5.69 Å². The fraction of sp³-hybridized carbons (Fsp3) is 0.348. The van der Waals surface area contributed by atoms with Crippen LogP contribution in [0.3, 0.4) is 0 Å². The average molecular weight is 408 g/mol. The summed E-state index contributed by atoms with van der Waals surface area (Å²) in [6.45, 7) is 0. The summed E-state index contributed by atoms with van der Waals surface area (Å²) in [5.41, 5.74) is 0.518. The van der Waals surface area contributed by atoms with Gasteiger partial charge in [-0.15, -0.1) is 0 Å². The molecule has 148 valence electrons. The second kappa shape index (κ2) is 9.09. The van der Waals surface area contributed by atoms with E-state index < -0.39 is 11.5 Å². The van der Waals surface area contributed by atoms with Crippen LogP contribution in [-0.2, 0) is 11.2 Å². The highest BCUT2D eigenvalue weighted by atomic mass is 35.5. The lowest BCUT2D eigenvalue weighted by Crippen LogP contribution is -2.51. The van der Waals surface area contributed by atoms with Crippen molar-refractivity contribution in [3.05, 3.63) is 64.2 Å². The molecule has 2 N–H and O–H groups in total. The Balaban J connectivity index is 1.87. The van der Waals surface area contributed by atoms with Crippen molar-refractivity contribution in [1.82, 2.24) is 0 Å². The van der Waals surface area contributed by atoms with Gasteiger partial charge in [-0.3, -0.25) is 4.79 Å². The van der Waals surface area contributed by atoms with Gasteiger partial charge in [0, 0.05) is 12.1 Å². The normalized spacial score (nSPS) is 16.3. The molecule has 1 saturated carbocycles. The summed E-state index contributed by atoms with van der Waals surface area (Å²) in [6.07, 6.45) is 4.81. The third kappa shape index (κ3) is 4.77. The Morgan fingerprint density at radius 3 is 2.38 bits per heavy atom. The Hall–Kier alpha value is -2.86. The van der Waals surface area contributed by atoms with Crippen LogP contribution in [0.15, 0.2) is 42.5 Å². The fourth-order valence-corrected chi connectivity index (χ4v) is 4.14. The highest BCUT2D eigenvalue weighted by Gasteiger charge is 2.44. The summed E-state index contributed by atoms with van der Waals surface area (Å²) in [6, 6.07) is 15.6. The van der Waals surface area contributed by atoms with Gasteiger partial charge in [0.25, 0.3) is 5.91 Å². The molecule has 0 aliphatic heterocycles. The summed E-state index contributed by atoms with van der Waals surface area (Å²) in [7, 11) is 0. The van der Waals surface area contributed by atoms with Gasteiger partial charge in [-0.05, 0) is 54.7 Å². The molecule has 0 saturated heterocycles. The minimum absolute atomic E-state index is 0.152. The van der Waals surface area contributed by atoms with Crippen LogP contribution in [0.1, 0.15) is 48.8 Å². The first kappa shape index (κ1) is 20.9. The lowest BCUT2D eigenvalue weighted by atomic mass is 9.73. The van der Waals surface area contributed by atoms with Crippen LogP contribution in [0, 0.1) is 28.6 Å². The van der Waals surface area contributed by atoms with Crippen molar-refractivity contribution < 1.29 is 9.90 Å². The summed E-state index contributed by atoms with van der Waals surface area (Å²) < 4.78 is 0. The van der Waals surface area contributed by atoms with Gasteiger partial charge in [0.1, 0.15) is 11.7 Å². The van der Waals surface area contributed by atoms with Crippen LogP contribution < -0.4 is 5.32 Å². The number of nitrogens with one attached hydrogen (secondary N) is 1. The van der Waals surface area contributed by atoms with Crippen molar-refractivity contribution in [2.75, 3.05) is 5.32 Å². The van der Waals surface area contributed by atoms with Crippen molar-refractivity contribution in [3.8, 4) is 12.1 Å². The number of amides is 1. The van der Waals surface area contributed by atoms with Crippen molar-refractivity contribution in [3.63, 3.8) is 0 Å². The lowest BCUT2D eigenvalue weighted by Gasteiger charge is -2.37. The number of nitriles is 2. The van der Waals surface area contributed by atoms with Gasteiger partial charge in [0.2, 0.25) is 0 Å². The largest absolute Gasteiger partial charge is 0.379 e. The predicted molar refractivity (Wildman–Crippen MR) is 111 cm³/mol. The number of benzene rings is 2. The molecule has 5 nitrogen and oxygen atoms in total. The maximum Gasteiger partial charge on any atom is 0.256 e. The summed E-state index contributed by atoms with van der Waals surface area (Å²) in [5, 5.41) is 32.6. The van der Waals surface area contributed by atoms with E-state index in [2.05, 4.69) is 11.4 Å². The Bertz CT molecular complexity index is 969. The van der Waals surface area contributed by atoms with Gasteiger partial charge in [-0.2, -0.15) is 10.5 Å². The molecule has 6 heteroatoms. The molecular formula is C23H22ClN3O2. The third-order valence-electron chi connectivity index (χ3n) is 5.58. The van der Waals surface area contributed by atoms with E-state index in [0.29, 0.717) is 16.8 Å². The minimum Gasteiger partial charge on any atom is -0.379 e. The zero-order valence-electron chi connectivity index (χ0n) is 16.0. The SMILES string of the molecule is N#Cc1ccc(CC(O)(C(=O)Nc2ccc(C#N)c(Cl)c2)C2CCCCC2)cc1. The second-order valence-corrected chi connectivity index (χ2v) is 7.91. The van der Waals surface area contributed by atoms with E-state index in [9.17, 15) is 9.90 Å². The van der Waals surface area contributed by atoms with E-state index in [1.807, 2.05) is 6.07 Å². The maximum absolute atomic E-state index is 13.2. The smallest absolute Gasteiger partial charge is 0.256 e. The first-order valence-electron chi connectivity index (χ1n) is 9.69. The van der Waals surface area contributed by atoms with E-state index in [4.69, 9.17) is 22.1 Å². The standard InChI is InChI=1S/C23H22ClN3O2/c24-21-12-20(11-10-18(21)15-26)27-22(28)23(29,19-4-2-1-3-5-19)13-16-6-8-17(14-25)9-7-16/h6-12,19,29H,1-5,13H2,(H,27,28). The maximum atomic E-state index is 13.2. The summed E-state index contributed by atoms with van der Waals surface area (Å²) in [5.74, 6) is -0.629. The van der Waals surface area contributed by atoms with Gasteiger partial charge < -0.3 is 10.4 Å². The topological polar surface area (TPSA) is 96.9 Å². The zero-order valence-corrected chi connectivity index (χ0v) is 16.7. The van der Waals surface area contributed by atoms with Gasteiger partial charge >= 0.3 is 0 Å². The number of hydrogen-bond donors (Lipinski definition) is 2. The molecule has 29 heavy (non-hydrogen) atoms. The molecule has 1 unspecified atom stereocenters. The molecule has 1 atom stereocenters. The Kier molecular flexibility index (Phi) is 6.54. The Morgan fingerprint density at radius 1 is 1.10 bits per heavy atom. The summed E-state index contributed by atoms with van der Waals surface area (Å²) in [4.78, 5) is 13.2. The van der Waals surface area contributed by atoms with Gasteiger partial charge in [0.05, 0.1) is 22.2 Å². The quantitative estimate of drug-likeness (QED) is 0.758. The van der Waals surface area contributed by atoms with E-state index in [0.717, 1.165) is 37.7 Å². The van der Waals surface area contributed by atoms with Crippen molar-refractivity contribution in [2.24, 2.45) is 5.92 Å². The van der Waals surface area contributed by atoms with Crippen molar-refractivity contribution in [1.29, 1.82) is 10.5 Å². The third-order valence-corrected chi connectivity index (χ3v) is 5.89. The van der Waals surface area contributed by atoms with Gasteiger partial charge in [-0.25, -0.2) is 0 Å². The van der Waals surface area contributed by atoms with Gasteiger partial charge in [-0.1, -0.05) is 43.0 Å². The number of rotatable bonds is 5. The molecule has 1 fully saturated rings. The molecule has 0 bridgehead atoms. The van der Waals surface area contributed by atoms with Crippen molar-refractivity contribution in [2.45, 2.75) is 44.1 Å². The number of carbonyl (C=O) groups excluding carboxylic acids is 1. The van der Waals surface area contributed by atoms with Crippen LogP contribution in [0.2, 0.25) is 5.02 Å². The molecule has 1 amide bonds. The fourth-order valence-electron chi connectivity index (χ4n) is 3.92. The Morgan fingerprint density at radius 2 is 1.79 bits per heavy atom. The number of carbonyl (C=O) groups is 1. The van der Waals surface area contributed by atoms with Gasteiger partial charge in [0.15, 0.2) is 0 Å². The number of hydrogen-bond acceptors (Lipinski definition) is 4. The van der Waals surface area contributed by atoms with Crippen molar-refractivity contribution >= 4 is 23.2 Å². The molecule has 0 aromatic heterocycles. The van der Waals surface area contributed by atoms with E-state index >= 15 is 0 Å². The molecular weight excluding hydrogens is 386 g/mol. The van der Waals surface area contributed by atoms with Crippen LogP contribution in [-0.4, -0.2) is 16.6 Å². The molecule has 0 radical (unpaired) electrons. The monoisotopic (exact) mass is 407 g/mol. The molecule has 1 aliphatic rings. The van der Waals surface area contributed by atoms with E-state index in [-0.39, 0.29) is 17.4 Å². The lowest BCUT2D eigenvalue weighted by molar-refractivity contribution is -0.141. The molecule has 3 rings (SSSR count). The number of nitrogens with zero attached hydrogens (tertiary/aromatic N) is 2. The highest BCUT2D eigenvalue weighted by Crippen LogP contribution is 2.36. The molecule has 0 spiro atoms. The van der Waals surface area contributed by atoms with E-state index in [1.54, 1.807) is 30.3 Å². The number of halogens is 1. The number of anilines is 1. The Labute approximate surface area is 175 Å². The summed E-state index contributed by atoms with van der Waals surface area (Å²) >= 11 is 6.07. The molecule has 0 heterocycles. The first-order valence-corrected chi connectivity index (χ1v) is 10.1. The minimum atomic E-state index is -1.57. The van der Waals surface area contributed by atoms with Crippen LogP contribution >= 0.6 is 11.6 Å². The molecule has 1 aliphatic carbocycles. The predicted octanol–water partition coefficient (Wildman–Crippen LogP) is 4.58. The molecule has 2 aromatic carbocycles. The van der Waals surface area contributed by atoms with Crippen LogP contribution in [0.5, 0.6) is 0 Å². The average Bonchev–Trinajstić information content (AvgIpc) is 2.75. The second-order valence-electron chi connectivity index (χ2n) is 7.51.